The molecule has 1 fully saturated rings. The van der Waals surface area contributed by atoms with Gasteiger partial charge in [0.1, 0.15) is 5.75 Å². The molecule has 1 saturated carbocycles. The van der Waals surface area contributed by atoms with Crippen LogP contribution >= 0.6 is 0 Å². The Labute approximate surface area is 230 Å². The Morgan fingerprint density at radius 2 is 1.77 bits per heavy atom. The molecule has 1 aliphatic heterocycles. The molecule has 6 heteroatoms. The number of halogens is 3. The third kappa shape index (κ3) is 6.77. The Morgan fingerprint density at radius 1 is 1.08 bits per heavy atom. The number of amides is 1. The summed E-state index contributed by atoms with van der Waals surface area (Å²) in [5.41, 5.74) is 4.53. The Morgan fingerprint density at radius 3 is 2.36 bits per heavy atom. The minimum absolute atomic E-state index is 0.0463. The molecule has 3 nitrogen and oxygen atoms in total. The number of rotatable bonds is 9. The molecule has 0 spiro atoms. The molecule has 2 aliphatic rings. The SMILES string of the molecule is CCc1cccc(OC(C)CCC2CC2)c1C1=C(C)[C@@H](C)C(c2ccc(C(F)(F)F)cc2)=CC(CC)C(=O)N1. The molecule has 3 atom stereocenters. The van der Waals surface area contributed by atoms with Crippen molar-refractivity contribution in [3.05, 3.63) is 76.4 Å². The maximum Gasteiger partial charge on any atom is 0.416 e. The minimum atomic E-state index is -4.40. The van der Waals surface area contributed by atoms with Crippen LogP contribution in [0, 0.1) is 17.8 Å². The highest BCUT2D eigenvalue weighted by molar-refractivity contribution is 5.95. The first-order valence-electron chi connectivity index (χ1n) is 14.2. The average Bonchev–Trinajstić information content (AvgIpc) is 3.74. The summed E-state index contributed by atoms with van der Waals surface area (Å²) < 4.78 is 46.2. The number of hydrogen-bond acceptors (Lipinski definition) is 2. The van der Waals surface area contributed by atoms with Crippen LogP contribution in [0.4, 0.5) is 13.2 Å². The molecule has 210 valence electrons. The van der Waals surface area contributed by atoms with Gasteiger partial charge in [-0.1, -0.05) is 64.0 Å². The molecule has 0 bridgehead atoms. The van der Waals surface area contributed by atoms with Crippen LogP contribution in [0.1, 0.15) is 89.0 Å². The maximum atomic E-state index is 13.5. The highest BCUT2D eigenvalue weighted by Crippen LogP contribution is 2.41. The smallest absolute Gasteiger partial charge is 0.416 e. The van der Waals surface area contributed by atoms with Crippen molar-refractivity contribution >= 4 is 17.2 Å². The number of alkyl halides is 3. The Balaban J connectivity index is 1.78. The fraction of sp³-hybridized carbons (Fsp3) is 0.485. The molecule has 1 aliphatic carbocycles. The van der Waals surface area contributed by atoms with Gasteiger partial charge in [0, 0.05) is 11.5 Å². The fourth-order valence-corrected chi connectivity index (χ4v) is 5.37. The molecular formula is C33H40F3NO2. The van der Waals surface area contributed by atoms with Crippen LogP contribution in [0.3, 0.4) is 0 Å². The summed E-state index contributed by atoms with van der Waals surface area (Å²) in [5.74, 6) is 0.907. The number of hydrogen-bond donors (Lipinski definition) is 1. The van der Waals surface area contributed by atoms with Crippen molar-refractivity contribution in [1.29, 1.82) is 0 Å². The Kier molecular flexibility index (Phi) is 8.93. The summed E-state index contributed by atoms with van der Waals surface area (Å²) >= 11 is 0. The lowest BCUT2D eigenvalue weighted by Crippen LogP contribution is -2.32. The van der Waals surface area contributed by atoms with Gasteiger partial charge in [-0.3, -0.25) is 4.79 Å². The van der Waals surface area contributed by atoms with Gasteiger partial charge in [-0.2, -0.15) is 13.2 Å². The highest BCUT2D eigenvalue weighted by atomic mass is 19.4. The molecule has 4 rings (SSSR count). The third-order valence-electron chi connectivity index (χ3n) is 8.21. The van der Waals surface area contributed by atoms with E-state index < -0.39 is 17.7 Å². The van der Waals surface area contributed by atoms with E-state index in [2.05, 4.69) is 32.2 Å². The van der Waals surface area contributed by atoms with Crippen molar-refractivity contribution in [2.75, 3.05) is 0 Å². The monoisotopic (exact) mass is 539 g/mol. The van der Waals surface area contributed by atoms with Crippen molar-refractivity contribution in [1.82, 2.24) is 5.32 Å². The molecule has 2 aromatic carbocycles. The van der Waals surface area contributed by atoms with Gasteiger partial charge in [0.25, 0.3) is 0 Å². The molecule has 0 radical (unpaired) electrons. The molecule has 1 heterocycles. The van der Waals surface area contributed by atoms with Crippen molar-refractivity contribution < 1.29 is 22.7 Å². The maximum absolute atomic E-state index is 13.5. The molecule has 1 amide bonds. The number of nitrogens with one attached hydrogen (secondary N) is 1. The molecule has 1 N–H and O–H groups in total. The predicted octanol–water partition coefficient (Wildman–Crippen LogP) is 8.83. The van der Waals surface area contributed by atoms with Crippen LogP contribution in [-0.2, 0) is 17.4 Å². The standard InChI is InChI=1S/C33H40F3NO2/c1-6-24-9-8-10-29(39-20(3)11-12-23-13-14-23)30(24)31-22(5)21(4)28(19-25(7-2)32(38)37-31)26-15-17-27(18-16-26)33(34,35)36/h8-10,15-21,23,25H,6-7,11-14H2,1-5H3,(H,37,38)/t20?,21-,25?/m1/s1. The summed E-state index contributed by atoms with van der Waals surface area (Å²) in [7, 11) is 0. The van der Waals surface area contributed by atoms with Crippen LogP contribution < -0.4 is 10.1 Å². The number of carbonyl (C=O) groups is 1. The first-order valence-corrected chi connectivity index (χ1v) is 14.2. The highest BCUT2D eigenvalue weighted by Gasteiger charge is 2.32. The van der Waals surface area contributed by atoms with Crippen LogP contribution in [0.15, 0.2) is 54.1 Å². The first kappa shape index (κ1) is 29.0. The van der Waals surface area contributed by atoms with Crippen molar-refractivity contribution in [3.63, 3.8) is 0 Å². The number of benzene rings is 2. The van der Waals surface area contributed by atoms with Gasteiger partial charge >= 0.3 is 6.18 Å². The second-order valence-electron chi connectivity index (χ2n) is 11.1. The van der Waals surface area contributed by atoms with Crippen LogP contribution in [0.2, 0.25) is 0 Å². The largest absolute Gasteiger partial charge is 0.490 e. The minimum Gasteiger partial charge on any atom is -0.490 e. The van der Waals surface area contributed by atoms with Crippen LogP contribution in [0.5, 0.6) is 5.75 Å². The Bertz CT molecular complexity index is 1240. The fourth-order valence-electron chi connectivity index (χ4n) is 5.37. The summed E-state index contributed by atoms with van der Waals surface area (Å²) in [4.78, 5) is 13.5. The van der Waals surface area contributed by atoms with Crippen LogP contribution in [-0.4, -0.2) is 12.0 Å². The number of aryl methyl sites for hydroxylation is 1. The van der Waals surface area contributed by atoms with Crippen molar-refractivity contribution in [3.8, 4) is 5.75 Å². The van der Waals surface area contributed by atoms with Crippen LogP contribution in [0.25, 0.3) is 11.3 Å². The topological polar surface area (TPSA) is 38.3 Å². The molecule has 2 aromatic rings. The lowest BCUT2D eigenvalue weighted by atomic mass is 9.81. The molecule has 2 unspecified atom stereocenters. The van der Waals surface area contributed by atoms with Gasteiger partial charge in [0.2, 0.25) is 5.91 Å². The lowest BCUT2D eigenvalue weighted by molar-refractivity contribution is -0.137. The van der Waals surface area contributed by atoms with E-state index in [-0.39, 0.29) is 17.9 Å². The van der Waals surface area contributed by atoms with Gasteiger partial charge in [-0.05, 0) is 85.9 Å². The summed E-state index contributed by atoms with van der Waals surface area (Å²) in [6.45, 7) is 10.2. The summed E-state index contributed by atoms with van der Waals surface area (Å²) in [6, 6.07) is 11.3. The van der Waals surface area contributed by atoms with E-state index in [0.29, 0.717) is 12.0 Å². The van der Waals surface area contributed by atoms with Gasteiger partial charge in [-0.25, -0.2) is 0 Å². The van der Waals surface area contributed by atoms with E-state index in [1.54, 1.807) is 0 Å². The summed E-state index contributed by atoms with van der Waals surface area (Å²) in [6.07, 6.45) is 3.69. The zero-order valence-electron chi connectivity index (χ0n) is 23.6. The molecule has 0 saturated heterocycles. The second-order valence-corrected chi connectivity index (χ2v) is 11.1. The quantitative estimate of drug-likeness (QED) is 0.346. The van der Waals surface area contributed by atoms with E-state index in [1.165, 1.54) is 31.4 Å². The normalized spacial score (nSPS) is 21.1. The number of ether oxygens (including phenoxy) is 1. The van der Waals surface area contributed by atoms with E-state index in [4.69, 9.17) is 4.74 Å². The van der Waals surface area contributed by atoms with Gasteiger partial charge in [0.15, 0.2) is 0 Å². The van der Waals surface area contributed by atoms with E-state index in [1.807, 2.05) is 32.1 Å². The predicted molar refractivity (Wildman–Crippen MR) is 151 cm³/mol. The van der Waals surface area contributed by atoms with E-state index in [9.17, 15) is 18.0 Å². The average molecular weight is 540 g/mol. The van der Waals surface area contributed by atoms with Gasteiger partial charge in [-0.15, -0.1) is 0 Å². The first-order chi connectivity index (χ1) is 18.5. The number of carbonyl (C=O) groups excluding carboxylic acids is 1. The van der Waals surface area contributed by atoms with E-state index in [0.717, 1.165) is 64.6 Å². The Hall–Kier alpha value is -3.02. The van der Waals surface area contributed by atoms with Crippen molar-refractivity contribution in [2.45, 2.75) is 85.4 Å². The zero-order valence-corrected chi connectivity index (χ0v) is 23.6. The lowest BCUT2D eigenvalue weighted by Gasteiger charge is -2.29. The van der Waals surface area contributed by atoms with Gasteiger partial charge in [0.05, 0.1) is 23.3 Å². The summed E-state index contributed by atoms with van der Waals surface area (Å²) in [5, 5.41) is 3.23. The second kappa shape index (κ2) is 12.0. The van der Waals surface area contributed by atoms with Gasteiger partial charge < -0.3 is 10.1 Å². The van der Waals surface area contributed by atoms with E-state index >= 15 is 0 Å². The zero-order chi connectivity index (χ0) is 28.3. The van der Waals surface area contributed by atoms with Crippen molar-refractivity contribution in [2.24, 2.45) is 17.8 Å². The number of allylic oxidation sites excluding steroid dienone is 2. The molecule has 39 heavy (non-hydrogen) atoms. The molecule has 0 aromatic heterocycles. The third-order valence-corrected chi connectivity index (χ3v) is 8.21. The molecular weight excluding hydrogens is 499 g/mol.